The van der Waals surface area contributed by atoms with Crippen LogP contribution in [0.4, 0.5) is 0 Å². The zero-order valence-corrected chi connectivity index (χ0v) is 5.76. The van der Waals surface area contributed by atoms with E-state index >= 15 is 0 Å². The maximum absolute atomic E-state index is 10.9. The number of ketones is 1. The van der Waals surface area contributed by atoms with Gasteiger partial charge in [0.05, 0.1) is 0 Å². The van der Waals surface area contributed by atoms with Crippen molar-refractivity contribution in [3.05, 3.63) is 0 Å². The number of rotatable bonds is 0. The van der Waals surface area contributed by atoms with E-state index in [1.807, 2.05) is 6.92 Å². The molecule has 1 fully saturated rings. The van der Waals surface area contributed by atoms with Gasteiger partial charge in [0.1, 0.15) is 5.78 Å². The van der Waals surface area contributed by atoms with Gasteiger partial charge in [0, 0.05) is 18.4 Å². The molecule has 0 aromatic rings. The molecule has 0 bridgehead atoms. The second kappa shape index (κ2) is 2.48. The zero-order valence-electron chi connectivity index (χ0n) is 5.76. The minimum Gasteiger partial charge on any atom is -0.327 e. The van der Waals surface area contributed by atoms with E-state index in [1.54, 1.807) is 0 Å². The molecule has 0 aliphatic heterocycles. The Bertz CT molecular complexity index is 122. The maximum Gasteiger partial charge on any atom is 0.137 e. The molecule has 0 unspecified atom stereocenters. The summed E-state index contributed by atoms with van der Waals surface area (Å²) in [6, 6.07) is 0.131. The predicted molar refractivity (Wildman–Crippen MR) is 36.0 cm³/mol. The standard InChI is InChI=1S/C7H13NO/c1-5-6(8)3-2-4-7(5)9/h5-6H,2-4,8H2,1H3/t5-,6+/m0/s1. The number of hydrogen-bond donors (Lipinski definition) is 1. The van der Waals surface area contributed by atoms with Crippen LogP contribution in [0.15, 0.2) is 0 Å². The van der Waals surface area contributed by atoms with Gasteiger partial charge in [-0.05, 0) is 12.8 Å². The Balaban J connectivity index is 2.51. The minimum absolute atomic E-state index is 0.110. The SMILES string of the molecule is C[C@@H]1C(=O)CCC[C@H]1N. The second-order valence-electron chi connectivity index (χ2n) is 2.81. The van der Waals surface area contributed by atoms with Crippen LogP contribution < -0.4 is 5.73 Å². The summed E-state index contributed by atoms with van der Waals surface area (Å²) in [6.45, 7) is 1.92. The monoisotopic (exact) mass is 127 g/mol. The number of Topliss-reactive ketones (excluding diaryl/α,β-unsaturated/α-hetero) is 1. The minimum atomic E-state index is 0.110. The lowest BCUT2D eigenvalue weighted by Gasteiger charge is -2.23. The summed E-state index contributed by atoms with van der Waals surface area (Å²) in [5, 5.41) is 0. The van der Waals surface area contributed by atoms with Crippen molar-refractivity contribution in [2.24, 2.45) is 11.7 Å². The summed E-state index contributed by atoms with van der Waals surface area (Å²) in [7, 11) is 0. The second-order valence-corrected chi connectivity index (χ2v) is 2.81. The average Bonchev–Trinajstić information content (AvgIpc) is 1.83. The molecule has 0 heterocycles. The van der Waals surface area contributed by atoms with Gasteiger partial charge >= 0.3 is 0 Å². The molecule has 0 aromatic heterocycles. The molecule has 0 aromatic carbocycles. The van der Waals surface area contributed by atoms with E-state index in [0.717, 1.165) is 19.3 Å². The van der Waals surface area contributed by atoms with E-state index in [1.165, 1.54) is 0 Å². The quantitative estimate of drug-likeness (QED) is 0.520. The van der Waals surface area contributed by atoms with Crippen molar-refractivity contribution in [1.82, 2.24) is 0 Å². The third-order valence-electron chi connectivity index (χ3n) is 2.11. The predicted octanol–water partition coefficient (Wildman–Crippen LogP) is 0.703. The van der Waals surface area contributed by atoms with Crippen LogP contribution in [0.5, 0.6) is 0 Å². The van der Waals surface area contributed by atoms with Crippen LogP contribution in [0.25, 0.3) is 0 Å². The third-order valence-corrected chi connectivity index (χ3v) is 2.11. The fraction of sp³-hybridized carbons (Fsp3) is 0.857. The Morgan fingerprint density at radius 1 is 1.67 bits per heavy atom. The molecule has 0 amide bonds. The van der Waals surface area contributed by atoms with Gasteiger partial charge in [-0.1, -0.05) is 6.92 Å². The van der Waals surface area contributed by atoms with Crippen molar-refractivity contribution < 1.29 is 4.79 Å². The molecule has 0 saturated heterocycles. The molecule has 2 nitrogen and oxygen atoms in total. The maximum atomic E-state index is 10.9. The van der Waals surface area contributed by atoms with Crippen molar-refractivity contribution in [3.8, 4) is 0 Å². The molecule has 9 heavy (non-hydrogen) atoms. The Morgan fingerprint density at radius 3 is 2.78 bits per heavy atom. The van der Waals surface area contributed by atoms with Crippen molar-refractivity contribution in [3.63, 3.8) is 0 Å². The highest BCUT2D eigenvalue weighted by atomic mass is 16.1. The third kappa shape index (κ3) is 1.30. The lowest BCUT2D eigenvalue weighted by Crippen LogP contribution is -2.36. The summed E-state index contributed by atoms with van der Waals surface area (Å²) in [6.07, 6.45) is 2.76. The smallest absolute Gasteiger partial charge is 0.137 e. The molecule has 2 N–H and O–H groups in total. The fourth-order valence-electron chi connectivity index (χ4n) is 1.23. The molecule has 2 heteroatoms. The van der Waals surface area contributed by atoms with Gasteiger partial charge in [-0.15, -0.1) is 0 Å². The number of hydrogen-bond acceptors (Lipinski definition) is 2. The van der Waals surface area contributed by atoms with E-state index in [-0.39, 0.29) is 12.0 Å². The first-order valence-electron chi connectivity index (χ1n) is 3.50. The fourth-order valence-corrected chi connectivity index (χ4v) is 1.23. The summed E-state index contributed by atoms with van der Waals surface area (Å²) in [5.74, 6) is 0.451. The summed E-state index contributed by atoms with van der Waals surface area (Å²) in [5.41, 5.74) is 5.65. The van der Waals surface area contributed by atoms with E-state index in [4.69, 9.17) is 5.73 Å². The molecule has 2 atom stereocenters. The van der Waals surface area contributed by atoms with Crippen molar-refractivity contribution in [1.29, 1.82) is 0 Å². The van der Waals surface area contributed by atoms with Gasteiger partial charge in [0.15, 0.2) is 0 Å². The van der Waals surface area contributed by atoms with Gasteiger partial charge in [0.25, 0.3) is 0 Å². The molecule has 0 spiro atoms. The Hall–Kier alpha value is -0.370. The molecule has 52 valence electrons. The van der Waals surface area contributed by atoms with E-state index in [9.17, 15) is 4.79 Å². The molecule has 0 radical (unpaired) electrons. The lowest BCUT2D eigenvalue weighted by molar-refractivity contribution is -0.124. The normalized spacial score (nSPS) is 36.9. The van der Waals surface area contributed by atoms with Crippen LogP contribution in [0.3, 0.4) is 0 Å². The molecular formula is C7H13NO. The molecular weight excluding hydrogens is 114 g/mol. The van der Waals surface area contributed by atoms with Crippen molar-refractivity contribution in [2.75, 3.05) is 0 Å². The van der Waals surface area contributed by atoms with Gasteiger partial charge < -0.3 is 5.73 Å². The molecule has 1 saturated carbocycles. The Morgan fingerprint density at radius 2 is 2.33 bits per heavy atom. The van der Waals surface area contributed by atoms with E-state index in [0.29, 0.717) is 5.78 Å². The van der Waals surface area contributed by atoms with Gasteiger partial charge in [-0.25, -0.2) is 0 Å². The van der Waals surface area contributed by atoms with Crippen LogP contribution in [0.2, 0.25) is 0 Å². The summed E-state index contributed by atoms with van der Waals surface area (Å²) < 4.78 is 0. The van der Waals surface area contributed by atoms with Crippen molar-refractivity contribution >= 4 is 5.78 Å². The van der Waals surface area contributed by atoms with Crippen LogP contribution in [-0.4, -0.2) is 11.8 Å². The Labute approximate surface area is 55.4 Å². The van der Waals surface area contributed by atoms with Crippen LogP contribution in [-0.2, 0) is 4.79 Å². The van der Waals surface area contributed by atoms with Crippen LogP contribution in [0.1, 0.15) is 26.2 Å². The highest BCUT2D eigenvalue weighted by Gasteiger charge is 2.24. The first kappa shape index (κ1) is 6.75. The largest absolute Gasteiger partial charge is 0.327 e. The van der Waals surface area contributed by atoms with Gasteiger partial charge in [-0.3, -0.25) is 4.79 Å². The molecule has 1 rings (SSSR count). The number of nitrogens with two attached hydrogens (primary N) is 1. The van der Waals surface area contributed by atoms with E-state index < -0.39 is 0 Å². The topological polar surface area (TPSA) is 43.1 Å². The number of carbonyl (C=O) groups is 1. The van der Waals surface area contributed by atoms with Gasteiger partial charge in [0.2, 0.25) is 0 Å². The zero-order chi connectivity index (χ0) is 6.85. The van der Waals surface area contributed by atoms with Crippen molar-refractivity contribution in [2.45, 2.75) is 32.2 Å². The number of carbonyl (C=O) groups excluding carboxylic acids is 1. The van der Waals surface area contributed by atoms with Crippen LogP contribution in [0, 0.1) is 5.92 Å². The average molecular weight is 127 g/mol. The highest BCUT2D eigenvalue weighted by molar-refractivity contribution is 5.82. The summed E-state index contributed by atoms with van der Waals surface area (Å²) in [4.78, 5) is 10.9. The highest BCUT2D eigenvalue weighted by Crippen LogP contribution is 2.18. The first-order valence-corrected chi connectivity index (χ1v) is 3.50. The van der Waals surface area contributed by atoms with Gasteiger partial charge in [-0.2, -0.15) is 0 Å². The molecule has 1 aliphatic rings. The Kier molecular flexibility index (Phi) is 1.86. The summed E-state index contributed by atoms with van der Waals surface area (Å²) >= 11 is 0. The van der Waals surface area contributed by atoms with Crippen LogP contribution >= 0.6 is 0 Å². The van der Waals surface area contributed by atoms with E-state index in [2.05, 4.69) is 0 Å². The molecule has 1 aliphatic carbocycles. The first-order chi connectivity index (χ1) is 4.22. The lowest BCUT2D eigenvalue weighted by atomic mass is 9.85.